The van der Waals surface area contributed by atoms with Crippen LogP contribution in [0, 0.1) is 0 Å². The van der Waals surface area contributed by atoms with Gasteiger partial charge in [0.25, 0.3) is 0 Å². The summed E-state index contributed by atoms with van der Waals surface area (Å²) in [7, 11) is 1.30. The van der Waals surface area contributed by atoms with E-state index < -0.39 is 12.3 Å². The van der Waals surface area contributed by atoms with Crippen LogP contribution in [-0.2, 0) is 19.0 Å². The predicted molar refractivity (Wildman–Crippen MR) is 37.5 cm³/mol. The molecule has 1 saturated heterocycles. The molecule has 68 valence electrons. The van der Waals surface area contributed by atoms with Gasteiger partial charge in [-0.05, 0) is 0 Å². The molecule has 5 nitrogen and oxygen atoms in total. The SMILES string of the molecule is COC(=O)CC1CCOC(=O)O1. The maximum absolute atomic E-state index is 10.7. The van der Waals surface area contributed by atoms with E-state index in [0.29, 0.717) is 13.0 Å². The van der Waals surface area contributed by atoms with Gasteiger partial charge in [0.05, 0.1) is 20.1 Å². The van der Waals surface area contributed by atoms with Gasteiger partial charge in [0.2, 0.25) is 0 Å². The van der Waals surface area contributed by atoms with Crippen molar-refractivity contribution < 1.29 is 23.8 Å². The van der Waals surface area contributed by atoms with Crippen LogP contribution in [0.25, 0.3) is 0 Å². The lowest BCUT2D eigenvalue weighted by Crippen LogP contribution is -2.29. The van der Waals surface area contributed by atoms with Crippen molar-refractivity contribution in [3.8, 4) is 0 Å². The summed E-state index contributed by atoms with van der Waals surface area (Å²) in [5.41, 5.74) is 0. The van der Waals surface area contributed by atoms with E-state index in [0.717, 1.165) is 0 Å². The lowest BCUT2D eigenvalue weighted by Gasteiger charge is -2.20. The minimum Gasteiger partial charge on any atom is -0.469 e. The molecular weight excluding hydrogens is 164 g/mol. The molecule has 0 aromatic heterocycles. The Hall–Kier alpha value is -1.26. The second kappa shape index (κ2) is 3.94. The van der Waals surface area contributed by atoms with Gasteiger partial charge in [-0.3, -0.25) is 4.79 Å². The molecule has 0 spiro atoms. The molecule has 0 amide bonds. The van der Waals surface area contributed by atoms with Gasteiger partial charge in [-0.1, -0.05) is 0 Å². The van der Waals surface area contributed by atoms with E-state index in [-0.39, 0.29) is 12.4 Å². The van der Waals surface area contributed by atoms with Crippen LogP contribution >= 0.6 is 0 Å². The van der Waals surface area contributed by atoms with E-state index in [1.807, 2.05) is 0 Å². The van der Waals surface area contributed by atoms with Gasteiger partial charge < -0.3 is 14.2 Å². The number of rotatable bonds is 2. The molecule has 1 aliphatic rings. The molecule has 0 radical (unpaired) electrons. The predicted octanol–water partition coefficient (Wildman–Crippen LogP) is 0.475. The lowest BCUT2D eigenvalue weighted by molar-refractivity contribution is -0.144. The fourth-order valence-corrected chi connectivity index (χ4v) is 0.916. The van der Waals surface area contributed by atoms with Crippen LogP contribution in [0.15, 0.2) is 0 Å². The summed E-state index contributed by atoms with van der Waals surface area (Å²) in [5.74, 6) is -0.380. The van der Waals surface area contributed by atoms with Crippen LogP contribution in [0.2, 0.25) is 0 Å². The Morgan fingerprint density at radius 2 is 2.50 bits per heavy atom. The highest BCUT2D eigenvalue weighted by Crippen LogP contribution is 2.11. The average molecular weight is 174 g/mol. The van der Waals surface area contributed by atoms with Crippen LogP contribution in [0.4, 0.5) is 4.79 Å². The molecule has 0 N–H and O–H groups in total. The second-order valence-electron chi connectivity index (χ2n) is 2.41. The standard InChI is InChI=1S/C7H10O5/c1-10-6(8)4-5-2-3-11-7(9)12-5/h5H,2-4H2,1H3. The summed E-state index contributed by atoms with van der Waals surface area (Å²) in [6.07, 6.45) is -0.458. The van der Waals surface area contributed by atoms with E-state index in [1.165, 1.54) is 7.11 Å². The number of hydrogen-bond donors (Lipinski definition) is 0. The fourth-order valence-electron chi connectivity index (χ4n) is 0.916. The molecule has 0 bridgehead atoms. The van der Waals surface area contributed by atoms with Gasteiger partial charge >= 0.3 is 12.1 Å². The Balaban J connectivity index is 2.32. The first-order chi connectivity index (χ1) is 5.72. The van der Waals surface area contributed by atoms with Crippen LogP contribution in [0.5, 0.6) is 0 Å². The molecule has 5 heteroatoms. The molecule has 1 atom stereocenters. The third-order valence-electron chi connectivity index (χ3n) is 1.54. The minimum absolute atomic E-state index is 0.103. The molecule has 1 rings (SSSR count). The van der Waals surface area contributed by atoms with E-state index >= 15 is 0 Å². The molecule has 0 aliphatic carbocycles. The summed E-state index contributed by atoms with van der Waals surface area (Å²) in [6, 6.07) is 0. The van der Waals surface area contributed by atoms with Crippen LogP contribution in [0.3, 0.4) is 0 Å². The van der Waals surface area contributed by atoms with Gasteiger partial charge in [-0.15, -0.1) is 0 Å². The molecule has 1 fully saturated rings. The van der Waals surface area contributed by atoms with Crippen molar-refractivity contribution >= 4 is 12.1 Å². The van der Waals surface area contributed by atoms with Gasteiger partial charge in [0.1, 0.15) is 6.10 Å². The summed E-state index contributed by atoms with van der Waals surface area (Å²) in [6.45, 7) is 0.306. The molecule has 12 heavy (non-hydrogen) atoms. The molecule has 0 aromatic carbocycles. The number of methoxy groups -OCH3 is 1. The highest BCUT2D eigenvalue weighted by atomic mass is 16.7. The van der Waals surface area contributed by atoms with Gasteiger partial charge in [0.15, 0.2) is 0 Å². The molecule has 0 aromatic rings. The average Bonchev–Trinajstić information content (AvgIpc) is 2.04. The normalized spacial score (nSPS) is 22.4. The van der Waals surface area contributed by atoms with Crippen molar-refractivity contribution in [2.75, 3.05) is 13.7 Å². The Bertz CT molecular complexity index is 188. The highest BCUT2D eigenvalue weighted by molar-refractivity contribution is 5.70. The van der Waals surface area contributed by atoms with Crippen LogP contribution in [0.1, 0.15) is 12.8 Å². The third-order valence-corrected chi connectivity index (χ3v) is 1.54. The largest absolute Gasteiger partial charge is 0.508 e. The number of carbonyl (C=O) groups excluding carboxylic acids is 2. The first-order valence-electron chi connectivity index (χ1n) is 3.62. The first kappa shape index (κ1) is 8.83. The third kappa shape index (κ3) is 2.41. The van der Waals surface area contributed by atoms with E-state index in [1.54, 1.807) is 0 Å². The van der Waals surface area contributed by atoms with E-state index in [4.69, 9.17) is 4.74 Å². The quantitative estimate of drug-likeness (QED) is 0.569. The topological polar surface area (TPSA) is 61.8 Å². The zero-order chi connectivity index (χ0) is 8.97. The maximum Gasteiger partial charge on any atom is 0.508 e. The molecular formula is C7H10O5. The molecule has 1 unspecified atom stereocenters. The Morgan fingerprint density at radius 3 is 3.08 bits per heavy atom. The van der Waals surface area contributed by atoms with Crippen molar-refractivity contribution in [2.45, 2.75) is 18.9 Å². The summed E-state index contributed by atoms with van der Waals surface area (Å²) in [5, 5.41) is 0. The summed E-state index contributed by atoms with van der Waals surface area (Å²) < 4.78 is 13.6. The number of hydrogen-bond acceptors (Lipinski definition) is 5. The molecule has 1 aliphatic heterocycles. The number of ether oxygens (including phenoxy) is 3. The lowest BCUT2D eigenvalue weighted by atomic mass is 10.2. The van der Waals surface area contributed by atoms with Gasteiger partial charge in [-0.2, -0.15) is 0 Å². The van der Waals surface area contributed by atoms with Crippen molar-refractivity contribution in [2.24, 2.45) is 0 Å². The zero-order valence-corrected chi connectivity index (χ0v) is 6.74. The van der Waals surface area contributed by atoms with Crippen LogP contribution < -0.4 is 0 Å². The highest BCUT2D eigenvalue weighted by Gasteiger charge is 2.24. The Labute approximate surface area is 69.6 Å². The minimum atomic E-state index is -0.713. The van der Waals surface area contributed by atoms with Gasteiger partial charge in [0, 0.05) is 6.42 Å². The molecule has 1 heterocycles. The second-order valence-corrected chi connectivity index (χ2v) is 2.41. The number of cyclic esters (lactones) is 2. The smallest absolute Gasteiger partial charge is 0.469 e. The number of carbonyl (C=O) groups is 2. The van der Waals surface area contributed by atoms with Gasteiger partial charge in [-0.25, -0.2) is 4.79 Å². The van der Waals surface area contributed by atoms with E-state index in [2.05, 4.69) is 9.47 Å². The monoisotopic (exact) mass is 174 g/mol. The maximum atomic E-state index is 10.7. The first-order valence-corrected chi connectivity index (χ1v) is 3.62. The van der Waals surface area contributed by atoms with E-state index in [9.17, 15) is 9.59 Å². The zero-order valence-electron chi connectivity index (χ0n) is 6.74. The molecule has 0 saturated carbocycles. The van der Waals surface area contributed by atoms with Crippen molar-refractivity contribution in [3.63, 3.8) is 0 Å². The fraction of sp³-hybridized carbons (Fsp3) is 0.714. The number of esters is 1. The van der Waals surface area contributed by atoms with Crippen molar-refractivity contribution in [1.82, 2.24) is 0 Å². The Morgan fingerprint density at radius 1 is 1.75 bits per heavy atom. The Kier molecular flexibility index (Phi) is 2.90. The summed E-state index contributed by atoms with van der Waals surface area (Å²) in [4.78, 5) is 21.3. The van der Waals surface area contributed by atoms with Crippen molar-refractivity contribution in [3.05, 3.63) is 0 Å². The van der Waals surface area contributed by atoms with Crippen molar-refractivity contribution in [1.29, 1.82) is 0 Å². The summed E-state index contributed by atoms with van der Waals surface area (Å²) >= 11 is 0. The van der Waals surface area contributed by atoms with Crippen LogP contribution in [-0.4, -0.2) is 31.9 Å².